The lowest BCUT2D eigenvalue weighted by Crippen LogP contribution is -2.22. The maximum atomic E-state index is 2.44. The van der Waals surface area contributed by atoms with E-state index in [1.54, 1.807) is 11.8 Å². The molecule has 0 unspecified atom stereocenters. The molecule has 29 heavy (non-hydrogen) atoms. The van der Waals surface area contributed by atoms with Crippen LogP contribution >= 0.6 is 11.8 Å². The third-order valence-corrected chi connectivity index (χ3v) is 5.91. The molecular formula is C27H25NS. The van der Waals surface area contributed by atoms with Crippen LogP contribution in [0.25, 0.3) is 0 Å². The van der Waals surface area contributed by atoms with Gasteiger partial charge in [-0.05, 0) is 54.4 Å². The van der Waals surface area contributed by atoms with E-state index in [1.165, 1.54) is 32.2 Å². The monoisotopic (exact) mass is 395 g/mol. The lowest BCUT2D eigenvalue weighted by molar-refractivity contribution is 0.799. The molecule has 0 aliphatic rings. The SMILES string of the molecule is Cc1ccc(Sc2ccc(N(Cc3ccccc3)Cc3ccccc3)cc2)cc1. The number of rotatable bonds is 7. The lowest BCUT2D eigenvalue weighted by atomic mass is 10.1. The zero-order valence-electron chi connectivity index (χ0n) is 16.7. The first-order chi connectivity index (χ1) is 14.3. The third-order valence-electron chi connectivity index (χ3n) is 4.89. The summed E-state index contributed by atoms with van der Waals surface area (Å²) >= 11 is 1.81. The smallest absolute Gasteiger partial charge is 0.0433 e. The average molecular weight is 396 g/mol. The summed E-state index contributed by atoms with van der Waals surface area (Å²) < 4.78 is 0. The normalized spacial score (nSPS) is 10.7. The predicted molar refractivity (Wildman–Crippen MR) is 125 cm³/mol. The number of aryl methyl sites for hydroxylation is 1. The molecule has 4 aromatic carbocycles. The van der Waals surface area contributed by atoms with E-state index < -0.39 is 0 Å². The quantitative estimate of drug-likeness (QED) is 0.322. The Kier molecular flexibility index (Phi) is 6.33. The van der Waals surface area contributed by atoms with Crippen molar-refractivity contribution in [3.8, 4) is 0 Å². The highest BCUT2D eigenvalue weighted by molar-refractivity contribution is 7.99. The molecule has 0 atom stereocenters. The first-order valence-electron chi connectivity index (χ1n) is 9.94. The van der Waals surface area contributed by atoms with Crippen LogP contribution in [-0.2, 0) is 13.1 Å². The molecule has 0 radical (unpaired) electrons. The van der Waals surface area contributed by atoms with Crippen molar-refractivity contribution < 1.29 is 0 Å². The van der Waals surface area contributed by atoms with Gasteiger partial charge in [0, 0.05) is 28.6 Å². The lowest BCUT2D eigenvalue weighted by Gasteiger charge is -2.25. The Morgan fingerprint density at radius 3 is 1.48 bits per heavy atom. The second-order valence-corrected chi connectivity index (χ2v) is 8.38. The summed E-state index contributed by atoms with van der Waals surface area (Å²) in [4.78, 5) is 4.97. The topological polar surface area (TPSA) is 3.24 Å². The minimum Gasteiger partial charge on any atom is -0.363 e. The Morgan fingerprint density at radius 2 is 1.00 bits per heavy atom. The molecule has 0 saturated carbocycles. The van der Waals surface area contributed by atoms with Gasteiger partial charge in [-0.2, -0.15) is 0 Å². The summed E-state index contributed by atoms with van der Waals surface area (Å²) in [5.74, 6) is 0. The molecule has 0 saturated heterocycles. The molecule has 144 valence electrons. The van der Waals surface area contributed by atoms with Crippen LogP contribution in [-0.4, -0.2) is 0 Å². The fourth-order valence-corrected chi connectivity index (χ4v) is 4.13. The molecule has 0 aliphatic heterocycles. The van der Waals surface area contributed by atoms with Gasteiger partial charge < -0.3 is 4.90 Å². The average Bonchev–Trinajstić information content (AvgIpc) is 2.77. The van der Waals surface area contributed by atoms with Crippen molar-refractivity contribution in [2.45, 2.75) is 29.8 Å². The molecule has 0 amide bonds. The van der Waals surface area contributed by atoms with Crippen molar-refractivity contribution in [3.63, 3.8) is 0 Å². The molecule has 4 aromatic rings. The second kappa shape index (κ2) is 9.49. The van der Waals surface area contributed by atoms with Crippen LogP contribution in [0, 0.1) is 6.92 Å². The summed E-state index contributed by atoms with van der Waals surface area (Å²) in [5.41, 5.74) is 5.18. The minimum atomic E-state index is 0.889. The van der Waals surface area contributed by atoms with Crippen LogP contribution in [0.1, 0.15) is 16.7 Å². The summed E-state index contributed by atoms with van der Waals surface area (Å²) in [7, 11) is 0. The molecule has 1 nitrogen and oxygen atoms in total. The number of hydrogen-bond acceptors (Lipinski definition) is 2. The van der Waals surface area contributed by atoms with Crippen LogP contribution in [0.3, 0.4) is 0 Å². The van der Waals surface area contributed by atoms with Crippen molar-refractivity contribution >= 4 is 17.4 Å². The Balaban J connectivity index is 1.53. The first kappa shape index (κ1) is 19.4. The van der Waals surface area contributed by atoms with E-state index in [4.69, 9.17) is 0 Å². The summed E-state index contributed by atoms with van der Waals surface area (Å²) in [6, 6.07) is 39.0. The zero-order chi connectivity index (χ0) is 19.9. The third kappa shape index (κ3) is 5.52. The summed E-state index contributed by atoms with van der Waals surface area (Å²) in [5, 5.41) is 0. The molecule has 0 fully saturated rings. The Bertz CT molecular complexity index is 968. The first-order valence-corrected chi connectivity index (χ1v) is 10.8. The largest absolute Gasteiger partial charge is 0.363 e. The summed E-state index contributed by atoms with van der Waals surface area (Å²) in [6.07, 6.45) is 0. The standard InChI is InChI=1S/C27H25NS/c1-22-12-16-26(17-13-22)29-27-18-14-25(15-19-27)28(20-23-8-4-2-5-9-23)21-24-10-6-3-7-11-24/h2-19H,20-21H2,1H3. The summed E-state index contributed by atoms with van der Waals surface area (Å²) in [6.45, 7) is 3.90. The fraction of sp³-hybridized carbons (Fsp3) is 0.111. The van der Waals surface area contributed by atoms with Crippen LogP contribution in [0.15, 0.2) is 119 Å². The molecular weight excluding hydrogens is 370 g/mol. The van der Waals surface area contributed by atoms with Gasteiger partial charge in [-0.1, -0.05) is 90.1 Å². The van der Waals surface area contributed by atoms with Gasteiger partial charge in [-0.3, -0.25) is 0 Å². The van der Waals surface area contributed by atoms with E-state index in [1.807, 2.05) is 0 Å². The minimum absolute atomic E-state index is 0.889. The van der Waals surface area contributed by atoms with E-state index in [2.05, 4.69) is 121 Å². The Labute approximate surface area is 178 Å². The van der Waals surface area contributed by atoms with E-state index in [-0.39, 0.29) is 0 Å². The van der Waals surface area contributed by atoms with E-state index >= 15 is 0 Å². The van der Waals surface area contributed by atoms with Crippen molar-refractivity contribution in [2.24, 2.45) is 0 Å². The highest BCUT2D eigenvalue weighted by Crippen LogP contribution is 2.30. The maximum Gasteiger partial charge on any atom is 0.0433 e. The van der Waals surface area contributed by atoms with Crippen LogP contribution < -0.4 is 4.90 Å². The van der Waals surface area contributed by atoms with Crippen molar-refractivity contribution in [2.75, 3.05) is 4.90 Å². The molecule has 2 heteroatoms. The molecule has 0 bridgehead atoms. The molecule has 0 spiro atoms. The van der Waals surface area contributed by atoms with Crippen LogP contribution in [0.2, 0.25) is 0 Å². The number of anilines is 1. The van der Waals surface area contributed by atoms with E-state index in [0.29, 0.717) is 0 Å². The number of hydrogen-bond donors (Lipinski definition) is 0. The predicted octanol–water partition coefficient (Wildman–Crippen LogP) is 7.35. The Hall–Kier alpha value is -2.97. The van der Waals surface area contributed by atoms with Crippen molar-refractivity contribution in [3.05, 3.63) is 126 Å². The van der Waals surface area contributed by atoms with Gasteiger partial charge in [0.25, 0.3) is 0 Å². The highest BCUT2D eigenvalue weighted by Gasteiger charge is 2.09. The molecule has 0 N–H and O–H groups in total. The molecule has 0 heterocycles. The van der Waals surface area contributed by atoms with Gasteiger partial charge in [-0.15, -0.1) is 0 Å². The zero-order valence-corrected chi connectivity index (χ0v) is 17.5. The van der Waals surface area contributed by atoms with Crippen molar-refractivity contribution in [1.82, 2.24) is 0 Å². The van der Waals surface area contributed by atoms with Gasteiger partial charge in [0.1, 0.15) is 0 Å². The molecule has 0 aromatic heterocycles. The fourth-order valence-electron chi connectivity index (χ4n) is 3.31. The molecule has 4 rings (SSSR count). The van der Waals surface area contributed by atoms with Gasteiger partial charge in [0.05, 0.1) is 0 Å². The molecule has 0 aliphatic carbocycles. The van der Waals surface area contributed by atoms with Gasteiger partial charge in [0.15, 0.2) is 0 Å². The number of benzene rings is 4. The van der Waals surface area contributed by atoms with Crippen molar-refractivity contribution in [1.29, 1.82) is 0 Å². The van der Waals surface area contributed by atoms with Gasteiger partial charge in [0.2, 0.25) is 0 Å². The Morgan fingerprint density at radius 1 is 0.552 bits per heavy atom. The van der Waals surface area contributed by atoms with Gasteiger partial charge >= 0.3 is 0 Å². The van der Waals surface area contributed by atoms with Crippen LogP contribution in [0.4, 0.5) is 5.69 Å². The second-order valence-electron chi connectivity index (χ2n) is 7.24. The maximum absolute atomic E-state index is 2.44. The number of nitrogens with zero attached hydrogens (tertiary/aromatic N) is 1. The van der Waals surface area contributed by atoms with E-state index in [9.17, 15) is 0 Å². The van der Waals surface area contributed by atoms with Crippen LogP contribution in [0.5, 0.6) is 0 Å². The highest BCUT2D eigenvalue weighted by atomic mass is 32.2. The van der Waals surface area contributed by atoms with E-state index in [0.717, 1.165) is 13.1 Å². The van der Waals surface area contributed by atoms with Gasteiger partial charge in [-0.25, -0.2) is 0 Å².